The van der Waals surface area contributed by atoms with Gasteiger partial charge in [0.15, 0.2) is 0 Å². The Morgan fingerprint density at radius 1 is 1.00 bits per heavy atom. The van der Waals surface area contributed by atoms with Crippen molar-refractivity contribution in [3.05, 3.63) is 82.9 Å². The van der Waals surface area contributed by atoms with E-state index in [1.165, 1.54) is 6.07 Å². The number of primary amides is 1. The molecule has 0 spiro atoms. The molecule has 0 aliphatic rings. The number of carbonyl (C=O) groups excluding carboxylic acids is 1. The molecule has 0 aliphatic carbocycles. The third-order valence-corrected chi connectivity index (χ3v) is 4.65. The summed E-state index contributed by atoms with van der Waals surface area (Å²) in [6.07, 6.45) is 0.551. The van der Waals surface area contributed by atoms with Crippen LogP contribution in [0.25, 0.3) is 11.1 Å². The number of benzene rings is 2. The first-order chi connectivity index (χ1) is 12.0. The van der Waals surface area contributed by atoms with Crippen molar-refractivity contribution in [1.29, 1.82) is 0 Å². The van der Waals surface area contributed by atoms with Crippen LogP contribution in [0.1, 0.15) is 27.3 Å². The van der Waals surface area contributed by atoms with Crippen molar-refractivity contribution in [2.24, 2.45) is 5.73 Å². The highest BCUT2D eigenvalue weighted by Crippen LogP contribution is 2.32. The van der Waals surface area contributed by atoms with Gasteiger partial charge in [0.1, 0.15) is 5.82 Å². The quantitative estimate of drug-likeness (QED) is 0.744. The molecule has 25 heavy (non-hydrogen) atoms. The number of halogens is 1. The maximum Gasteiger partial charge on any atom is 0.251 e. The Bertz CT molecular complexity index is 913. The first kappa shape index (κ1) is 17.0. The van der Waals surface area contributed by atoms with Gasteiger partial charge in [0.25, 0.3) is 5.91 Å². The molecule has 0 radical (unpaired) electrons. The van der Waals surface area contributed by atoms with E-state index in [0.29, 0.717) is 24.1 Å². The summed E-state index contributed by atoms with van der Waals surface area (Å²) in [6.45, 7) is 4.45. The van der Waals surface area contributed by atoms with Gasteiger partial charge in [-0.15, -0.1) is 0 Å². The van der Waals surface area contributed by atoms with Gasteiger partial charge in [0.2, 0.25) is 0 Å². The van der Waals surface area contributed by atoms with Crippen LogP contribution < -0.4 is 5.73 Å². The maximum atomic E-state index is 13.9. The van der Waals surface area contributed by atoms with Gasteiger partial charge >= 0.3 is 0 Å². The Kier molecular flexibility index (Phi) is 4.70. The molecule has 0 unspecified atom stereocenters. The molecule has 3 aromatic rings. The topological polar surface area (TPSA) is 48.0 Å². The molecule has 2 N–H and O–H groups in total. The molecule has 3 nitrogen and oxygen atoms in total. The second-order valence-corrected chi connectivity index (χ2v) is 6.14. The molecule has 4 heteroatoms. The van der Waals surface area contributed by atoms with E-state index in [9.17, 15) is 9.18 Å². The lowest BCUT2D eigenvalue weighted by Gasteiger charge is -2.10. The van der Waals surface area contributed by atoms with E-state index in [0.717, 1.165) is 22.5 Å². The highest BCUT2D eigenvalue weighted by molar-refractivity contribution is 6.02. The predicted octanol–water partition coefficient (Wildman–Crippen LogP) is 4.25. The summed E-state index contributed by atoms with van der Waals surface area (Å²) >= 11 is 0. The van der Waals surface area contributed by atoms with Crippen molar-refractivity contribution in [1.82, 2.24) is 4.57 Å². The van der Waals surface area contributed by atoms with Crippen molar-refractivity contribution >= 4 is 5.91 Å². The lowest BCUT2D eigenvalue weighted by atomic mass is 10.0. The van der Waals surface area contributed by atoms with E-state index in [-0.39, 0.29) is 5.82 Å². The maximum absolute atomic E-state index is 13.9. The van der Waals surface area contributed by atoms with E-state index >= 15 is 0 Å². The zero-order valence-corrected chi connectivity index (χ0v) is 14.4. The molecule has 0 atom stereocenters. The number of hydrogen-bond donors (Lipinski definition) is 1. The number of hydrogen-bond acceptors (Lipinski definition) is 1. The molecule has 1 heterocycles. The number of amides is 1. The summed E-state index contributed by atoms with van der Waals surface area (Å²) < 4.78 is 15.9. The van der Waals surface area contributed by atoms with E-state index in [1.54, 1.807) is 12.1 Å². The minimum absolute atomic E-state index is 0.205. The average molecular weight is 336 g/mol. The Morgan fingerprint density at radius 3 is 2.28 bits per heavy atom. The molecule has 2 aromatic carbocycles. The van der Waals surface area contributed by atoms with E-state index in [4.69, 9.17) is 5.73 Å². The molecule has 1 amide bonds. The molecule has 0 fully saturated rings. The van der Waals surface area contributed by atoms with Crippen LogP contribution in [0.2, 0.25) is 0 Å². The van der Waals surface area contributed by atoms with E-state index in [1.807, 2.05) is 50.2 Å². The first-order valence-electron chi connectivity index (χ1n) is 8.29. The van der Waals surface area contributed by atoms with Gasteiger partial charge in [-0.2, -0.15) is 0 Å². The molecular weight excluding hydrogens is 315 g/mol. The van der Waals surface area contributed by atoms with Crippen molar-refractivity contribution in [3.63, 3.8) is 0 Å². The molecular formula is C21H21FN2O. The smallest absolute Gasteiger partial charge is 0.251 e. The Morgan fingerprint density at radius 2 is 1.64 bits per heavy atom. The fraction of sp³-hybridized carbons (Fsp3) is 0.190. The van der Waals surface area contributed by atoms with Gasteiger partial charge < -0.3 is 10.3 Å². The van der Waals surface area contributed by atoms with Crippen molar-refractivity contribution in [3.8, 4) is 11.1 Å². The molecule has 0 saturated heterocycles. The standard InChI is InChI=1S/C21H21FN2O/c1-14-19(17-9-4-3-5-10-17)20(21(23)25)15(2)24(14)13-12-16-8-6-7-11-18(16)22/h3-11H,12-13H2,1-2H3,(H2,23,25). The van der Waals surface area contributed by atoms with Gasteiger partial charge in [0, 0.05) is 23.5 Å². The van der Waals surface area contributed by atoms with Crippen molar-refractivity contribution in [2.75, 3.05) is 0 Å². The zero-order valence-electron chi connectivity index (χ0n) is 14.4. The lowest BCUT2D eigenvalue weighted by molar-refractivity contribution is 0.1000. The van der Waals surface area contributed by atoms with Crippen LogP contribution >= 0.6 is 0 Å². The van der Waals surface area contributed by atoms with Gasteiger partial charge in [-0.3, -0.25) is 4.79 Å². The number of rotatable bonds is 5. The Hall–Kier alpha value is -2.88. The Balaban J connectivity index is 2.03. The summed E-state index contributed by atoms with van der Waals surface area (Å²) in [5, 5.41) is 0. The summed E-state index contributed by atoms with van der Waals surface area (Å²) in [4.78, 5) is 12.1. The van der Waals surface area contributed by atoms with Crippen molar-refractivity contribution < 1.29 is 9.18 Å². The summed E-state index contributed by atoms with van der Waals surface area (Å²) in [6, 6.07) is 16.5. The normalized spacial score (nSPS) is 10.8. The summed E-state index contributed by atoms with van der Waals surface area (Å²) in [7, 11) is 0. The first-order valence-corrected chi connectivity index (χ1v) is 8.29. The van der Waals surface area contributed by atoms with Gasteiger partial charge in [-0.1, -0.05) is 48.5 Å². The SMILES string of the molecule is Cc1c(C(N)=O)c(-c2ccccc2)c(C)n1CCc1ccccc1F. The summed E-state index contributed by atoms with van der Waals surface area (Å²) in [5.41, 5.74) is 10.5. The molecule has 0 saturated carbocycles. The number of aryl methyl sites for hydroxylation is 1. The third kappa shape index (κ3) is 3.20. The molecule has 3 rings (SSSR count). The highest BCUT2D eigenvalue weighted by Gasteiger charge is 2.22. The van der Waals surface area contributed by atoms with Crippen LogP contribution in [0.4, 0.5) is 4.39 Å². The van der Waals surface area contributed by atoms with Crippen LogP contribution in [-0.4, -0.2) is 10.5 Å². The number of nitrogens with two attached hydrogens (primary N) is 1. The molecule has 128 valence electrons. The minimum atomic E-state index is -0.441. The third-order valence-electron chi connectivity index (χ3n) is 4.65. The molecule has 1 aromatic heterocycles. The lowest BCUT2D eigenvalue weighted by Crippen LogP contribution is -2.14. The van der Waals surface area contributed by atoms with E-state index < -0.39 is 5.91 Å². The monoisotopic (exact) mass is 336 g/mol. The Labute approximate surface area is 146 Å². The minimum Gasteiger partial charge on any atom is -0.366 e. The molecule has 0 bridgehead atoms. The molecule has 0 aliphatic heterocycles. The zero-order chi connectivity index (χ0) is 18.0. The fourth-order valence-corrected chi connectivity index (χ4v) is 3.41. The fourth-order valence-electron chi connectivity index (χ4n) is 3.41. The van der Waals surface area contributed by atoms with Crippen LogP contribution in [0, 0.1) is 19.7 Å². The second kappa shape index (κ2) is 6.93. The highest BCUT2D eigenvalue weighted by atomic mass is 19.1. The average Bonchev–Trinajstić information content (AvgIpc) is 2.86. The number of aromatic nitrogens is 1. The van der Waals surface area contributed by atoms with Gasteiger partial charge in [-0.05, 0) is 37.5 Å². The van der Waals surface area contributed by atoms with Crippen LogP contribution in [0.5, 0.6) is 0 Å². The van der Waals surface area contributed by atoms with Crippen molar-refractivity contribution in [2.45, 2.75) is 26.8 Å². The van der Waals surface area contributed by atoms with Gasteiger partial charge in [-0.25, -0.2) is 4.39 Å². The second-order valence-electron chi connectivity index (χ2n) is 6.14. The predicted molar refractivity (Wildman–Crippen MR) is 98.0 cm³/mol. The van der Waals surface area contributed by atoms with Gasteiger partial charge in [0.05, 0.1) is 5.56 Å². The van der Waals surface area contributed by atoms with Crippen LogP contribution in [-0.2, 0) is 13.0 Å². The summed E-state index contributed by atoms with van der Waals surface area (Å²) in [5.74, 6) is -0.646. The number of nitrogens with zero attached hydrogens (tertiary/aromatic N) is 1. The van der Waals surface area contributed by atoms with Crippen LogP contribution in [0.3, 0.4) is 0 Å². The van der Waals surface area contributed by atoms with Crippen LogP contribution in [0.15, 0.2) is 54.6 Å². The van der Waals surface area contributed by atoms with E-state index in [2.05, 4.69) is 4.57 Å². The number of carbonyl (C=O) groups is 1. The largest absolute Gasteiger partial charge is 0.366 e.